The number of likely N-dealkylation sites (tertiary alicyclic amines) is 1. The smallest absolute Gasteiger partial charge is 0.223 e. The Morgan fingerprint density at radius 2 is 2.17 bits per heavy atom. The van der Waals surface area contributed by atoms with E-state index < -0.39 is 10.0 Å². The van der Waals surface area contributed by atoms with Crippen molar-refractivity contribution in [1.29, 1.82) is 0 Å². The number of aromatic nitrogens is 1. The molecule has 1 aromatic heterocycles. The van der Waals surface area contributed by atoms with E-state index in [1.165, 1.54) is 0 Å². The van der Waals surface area contributed by atoms with Gasteiger partial charge in [0.05, 0.1) is 23.0 Å². The molecule has 2 fully saturated rings. The fourth-order valence-corrected chi connectivity index (χ4v) is 5.81. The normalized spacial score (nSPS) is 25.8. The number of nitrogens with zero attached hydrogens (tertiary/aromatic N) is 3. The summed E-state index contributed by atoms with van der Waals surface area (Å²) in [6, 6.07) is 0. The largest absolute Gasteiger partial charge is 0.336 e. The maximum Gasteiger partial charge on any atom is 0.223 e. The zero-order valence-corrected chi connectivity index (χ0v) is 15.3. The summed E-state index contributed by atoms with van der Waals surface area (Å²) >= 11 is 1.59. The zero-order chi connectivity index (χ0) is 16.7. The number of thiazole rings is 1. The highest BCUT2D eigenvalue weighted by atomic mass is 32.2. The summed E-state index contributed by atoms with van der Waals surface area (Å²) in [5.74, 6) is 0.309. The fraction of sp³-hybridized carbons (Fsp3) is 0.733. The van der Waals surface area contributed by atoms with Gasteiger partial charge in [-0.1, -0.05) is 6.92 Å². The van der Waals surface area contributed by atoms with Crippen molar-refractivity contribution in [2.45, 2.75) is 39.7 Å². The Hall–Kier alpha value is -0.990. The van der Waals surface area contributed by atoms with Crippen LogP contribution in [0.3, 0.4) is 0 Å². The number of hydrogen-bond donors (Lipinski definition) is 0. The van der Waals surface area contributed by atoms with E-state index in [1.54, 1.807) is 15.6 Å². The third-order valence-corrected chi connectivity index (χ3v) is 7.53. The Morgan fingerprint density at radius 1 is 1.39 bits per heavy atom. The van der Waals surface area contributed by atoms with Gasteiger partial charge in [-0.15, -0.1) is 11.3 Å². The van der Waals surface area contributed by atoms with Crippen molar-refractivity contribution < 1.29 is 13.2 Å². The van der Waals surface area contributed by atoms with Crippen molar-refractivity contribution in [3.8, 4) is 0 Å². The molecule has 1 amide bonds. The minimum Gasteiger partial charge on any atom is -0.336 e. The van der Waals surface area contributed by atoms with Gasteiger partial charge in [-0.25, -0.2) is 17.7 Å². The molecule has 0 saturated carbocycles. The predicted octanol–water partition coefficient (Wildman–Crippen LogP) is 1.62. The summed E-state index contributed by atoms with van der Waals surface area (Å²) < 4.78 is 26.1. The van der Waals surface area contributed by atoms with E-state index in [2.05, 4.69) is 4.98 Å². The van der Waals surface area contributed by atoms with Gasteiger partial charge >= 0.3 is 0 Å². The highest BCUT2D eigenvalue weighted by Crippen LogP contribution is 2.41. The molecule has 0 radical (unpaired) electrons. The van der Waals surface area contributed by atoms with Crippen LogP contribution in [0.25, 0.3) is 0 Å². The van der Waals surface area contributed by atoms with Gasteiger partial charge in [0.25, 0.3) is 0 Å². The van der Waals surface area contributed by atoms with Crippen LogP contribution in [-0.2, 0) is 21.4 Å². The summed E-state index contributed by atoms with van der Waals surface area (Å²) in [6.45, 7) is 6.02. The maximum absolute atomic E-state index is 12.4. The molecule has 128 valence electrons. The lowest BCUT2D eigenvalue weighted by Gasteiger charge is -2.23. The van der Waals surface area contributed by atoms with Gasteiger partial charge in [0.1, 0.15) is 0 Å². The van der Waals surface area contributed by atoms with Gasteiger partial charge in [-0.05, 0) is 19.8 Å². The molecule has 0 aromatic carbocycles. The van der Waals surface area contributed by atoms with E-state index in [0.29, 0.717) is 39.0 Å². The van der Waals surface area contributed by atoms with E-state index in [9.17, 15) is 13.2 Å². The molecule has 0 N–H and O–H groups in total. The van der Waals surface area contributed by atoms with Crippen LogP contribution in [-0.4, -0.2) is 53.9 Å². The highest BCUT2D eigenvalue weighted by molar-refractivity contribution is 7.89. The van der Waals surface area contributed by atoms with Crippen molar-refractivity contribution >= 4 is 27.3 Å². The van der Waals surface area contributed by atoms with Crippen molar-refractivity contribution in [2.75, 3.05) is 25.4 Å². The molecular weight excluding hydrogens is 334 g/mol. The van der Waals surface area contributed by atoms with Crippen LogP contribution in [0, 0.1) is 12.3 Å². The molecule has 0 bridgehead atoms. The number of sulfonamides is 1. The molecule has 1 atom stereocenters. The molecule has 6 nitrogen and oxygen atoms in total. The first kappa shape index (κ1) is 16.9. The molecule has 0 aliphatic carbocycles. The van der Waals surface area contributed by atoms with Gasteiger partial charge < -0.3 is 4.90 Å². The second-order valence-corrected chi connectivity index (χ2v) is 9.83. The minimum atomic E-state index is -3.17. The first-order valence-corrected chi connectivity index (χ1v) is 10.5. The van der Waals surface area contributed by atoms with Crippen LogP contribution in [0.15, 0.2) is 5.38 Å². The maximum atomic E-state index is 12.4. The first-order valence-electron chi connectivity index (χ1n) is 8.00. The Balaban J connectivity index is 1.67. The Bertz CT molecular complexity index is 701. The van der Waals surface area contributed by atoms with Gasteiger partial charge in [0.2, 0.25) is 15.9 Å². The van der Waals surface area contributed by atoms with Crippen molar-refractivity contribution in [2.24, 2.45) is 5.41 Å². The summed E-state index contributed by atoms with van der Waals surface area (Å²) in [6.07, 6.45) is 1.85. The van der Waals surface area contributed by atoms with Gasteiger partial charge in [0.15, 0.2) is 0 Å². The monoisotopic (exact) mass is 357 g/mol. The lowest BCUT2D eigenvalue weighted by molar-refractivity contribution is -0.128. The van der Waals surface area contributed by atoms with Crippen LogP contribution in [0.4, 0.5) is 0 Å². The lowest BCUT2D eigenvalue weighted by atomic mass is 9.86. The quantitative estimate of drug-likeness (QED) is 0.803. The molecule has 3 rings (SSSR count). The summed E-state index contributed by atoms with van der Waals surface area (Å²) in [4.78, 5) is 18.6. The average molecular weight is 358 g/mol. The number of carbonyl (C=O) groups excluding carboxylic acids is 1. The van der Waals surface area contributed by atoms with Gasteiger partial charge in [0, 0.05) is 36.9 Å². The van der Waals surface area contributed by atoms with E-state index in [4.69, 9.17) is 0 Å². The van der Waals surface area contributed by atoms with E-state index >= 15 is 0 Å². The summed E-state index contributed by atoms with van der Waals surface area (Å²) in [7, 11) is -3.17. The number of hydrogen-bond acceptors (Lipinski definition) is 5. The number of amides is 1. The number of aryl methyl sites for hydroxylation is 1. The molecule has 23 heavy (non-hydrogen) atoms. The van der Waals surface area contributed by atoms with E-state index in [1.807, 2.05) is 24.1 Å². The molecule has 2 saturated heterocycles. The highest BCUT2D eigenvalue weighted by Gasteiger charge is 2.49. The molecule has 1 aromatic rings. The Morgan fingerprint density at radius 3 is 2.83 bits per heavy atom. The van der Waals surface area contributed by atoms with Crippen molar-refractivity contribution in [1.82, 2.24) is 14.2 Å². The lowest BCUT2D eigenvalue weighted by Crippen LogP contribution is -2.35. The number of carbonyl (C=O) groups is 1. The fourth-order valence-electron chi connectivity index (χ4n) is 3.59. The molecular formula is C15H23N3O3S2. The molecule has 3 heterocycles. The van der Waals surface area contributed by atoms with Crippen LogP contribution in [0.5, 0.6) is 0 Å². The molecule has 2 aliphatic heterocycles. The van der Waals surface area contributed by atoms with Crippen LogP contribution in [0.1, 0.15) is 36.9 Å². The summed E-state index contributed by atoms with van der Waals surface area (Å²) in [5, 5.41) is 2.99. The van der Waals surface area contributed by atoms with Crippen molar-refractivity contribution in [3.05, 3.63) is 16.1 Å². The number of rotatable bonds is 5. The third-order valence-electron chi connectivity index (χ3n) is 4.68. The van der Waals surface area contributed by atoms with Gasteiger partial charge in [-0.3, -0.25) is 4.79 Å². The third kappa shape index (κ3) is 3.44. The standard InChI is InChI=1S/C15H23N3O3S2/c1-3-6-23(20,21)18-5-4-15(11-18)7-14(19)17(10-15)8-13-9-22-12(2)16-13/h9H,3-8,10-11H2,1-2H3. The van der Waals surface area contributed by atoms with E-state index in [0.717, 1.165) is 17.1 Å². The minimum absolute atomic E-state index is 0.116. The molecule has 2 aliphatic rings. The second kappa shape index (κ2) is 6.14. The molecule has 1 unspecified atom stereocenters. The van der Waals surface area contributed by atoms with Gasteiger partial charge in [-0.2, -0.15) is 0 Å². The van der Waals surface area contributed by atoms with Crippen LogP contribution < -0.4 is 0 Å². The second-order valence-electron chi connectivity index (χ2n) is 6.68. The molecule has 1 spiro atoms. The average Bonchev–Trinajstić information content (AvgIpc) is 3.13. The topological polar surface area (TPSA) is 70.6 Å². The molecule has 8 heteroatoms. The Kier molecular flexibility index (Phi) is 4.50. The zero-order valence-electron chi connectivity index (χ0n) is 13.6. The van der Waals surface area contributed by atoms with E-state index in [-0.39, 0.29) is 17.1 Å². The first-order chi connectivity index (χ1) is 10.8. The van der Waals surface area contributed by atoms with Crippen LogP contribution in [0.2, 0.25) is 0 Å². The summed E-state index contributed by atoms with van der Waals surface area (Å²) in [5.41, 5.74) is 0.717. The Labute approximate surface area is 141 Å². The van der Waals surface area contributed by atoms with Crippen molar-refractivity contribution in [3.63, 3.8) is 0 Å². The van der Waals surface area contributed by atoms with Crippen LogP contribution >= 0.6 is 11.3 Å². The predicted molar refractivity (Wildman–Crippen MR) is 89.6 cm³/mol. The SMILES string of the molecule is CCCS(=O)(=O)N1CCC2(CC(=O)N(Cc3csc(C)n3)C2)C1.